The van der Waals surface area contributed by atoms with Crippen molar-refractivity contribution >= 4 is 17.5 Å². The smallest absolute Gasteiger partial charge is 0.224 e. The highest BCUT2D eigenvalue weighted by Gasteiger charge is 2.17. The lowest BCUT2D eigenvalue weighted by molar-refractivity contribution is -0.120. The lowest BCUT2D eigenvalue weighted by Gasteiger charge is -2.21. The van der Waals surface area contributed by atoms with E-state index in [1.165, 1.54) is 12.1 Å². The average molecular weight is 258 g/mol. The van der Waals surface area contributed by atoms with Crippen LogP contribution in [0.2, 0.25) is 0 Å². The van der Waals surface area contributed by atoms with E-state index in [0.29, 0.717) is 12.4 Å². The molecule has 0 fully saturated rings. The van der Waals surface area contributed by atoms with Gasteiger partial charge in [-0.05, 0) is 23.1 Å². The van der Waals surface area contributed by atoms with Crippen LogP contribution in [0.4, 0.5) is 4.39 Å². The Morgan fingerprint density at radius 1 is 1.35 bits per heavy atom. The Morgan fingerprint density at radius 2 is 1.94 bits per heavy atom. The van der Waals surface area contributed by atoms with Gasteiger partial charge in [0, 0.05) is 12.4 Å². The first-order chi connectivity index (χ1) is 7.93. The number of hydrogen-bond acceptors (Lipinski definition) is 1. The summed E-state index contributed by atoms with van der Waals surface area (Å²) in [6.07, 6.45) is 0.263. The average Bonchev–Trinajstić information content (AvgIpc) is 2.30. The Kier molecular flexibility index (Phi) is 4.94. The van der Waals surface area contributed by atoms with E-state index in [2.05, 4.69) is 5.32 Å². The first-order valence-electron chi connectivity index (χ1n) is 5.50. The monoisotopic (exact) mass is 257 g/mol. The van der Waals surface area contributed by atoms with Crippen LogP contribution in [0.25, 0.3) is 0 Å². The van der Waals surface area contributed by atoms with Crippen LogP contribution in [-0.2, 0) is 11.2 Å². The van der Waals surface area contributed by atoms with Gasteiger partial charge >= 0.3 is 0 Å². The molecule has 1 N–H and O–H groups in total. The van der Waals surface area contributed by atoms with Gasteiger partial charge in [0.15, 0.2) is 0 Å². The largest absolute Gasteiger partial charge is 0.355 e. The van der Waals surface area contributed by atoms with Crippen LogP contribution in [0.5, 0.6) is 0 Å². The lowest BCUT2D eigenvalue weighted by atomic mass is 9.96. The van der Waals surface area contributed by atoms with E-state index < -0.39 is 0 Å². The Hall–Kier alpha value is -1.09. The van der Waals surface area contributed by atoms with Crippen LogP contribution in [0.15, 0.2) is 24.3 Å². The number of rotatable bonds is 5. The molecule has 0 heterocycles. The van der Waals surface area contributed by atoms with Gasteiger partial charge in [0.2, 0.25) is 5.91 Å². The molecule has 1 rings (SSSR count). The van der Waals surface area contributed by atoms with Crippen LogP contribution in [0.3, 0.4) is 0 Å². The first-order valence-corrected chi connectivity index (χ1v) is 6.03. The summed E-state index contributed by atoms with van der Waals surface area (Å²) in [4.78, 5) is 11.6. The Balaban J connectivity index is 2.42. The van der Waals surface area contributed by atoms with Crippen molar-refractivity contribution in [1.29, 1.82) is 0 Å². The van der Waals surface area contributed by atoms with Gasteiger partial charge in [-0.1, -0.05) is 26.0 Å². The Morgan fingerprint density at radius 3 is 2.47 bits per heavy atom. The fourth-order valence-corrected chi connectivity index (χ4v) is 1.33. The predicted octanol–water partition coefficient (Wildman–Crippen LogP) is 2.75. The van der Waals surface area contributed by atoms with Crippen LogP contribution in [0, 0.1) is 11.2 Å². The van der Waals surface area contributed by atoms with E-state index >= 15 is 0 Å². The highest BCUT2D eigenvalue weighted by molar-refractivity contribution is 6.18. The van der Waals surface area contributed by atoms with Gasteiger partial charge in [-0.15, -0.1) is 11.6 Å². The zero-order valence-corrected chi connectivity index (χ0v) is 10.9. The minimum absolute atomic E-state index is 0.0743. The summed E-state index contributed by atoms with van der Waals surface area (Å²) < 4.78 is 12.7. The van der Waals surface area contributed by atoms with Crippen LogP contribution in [0.1, 0.15) is 19.4 Å². The van der Waals surface area contributed by atoms with Crippen molar-refractivity contribution in [3.63, 3.8) is 0 Å². The molecule has 0 aliphatic rings. The van der Waals surface area contributed by atoms with E-state index in [1.54, 1.807) is 12.1 Å². The molecule has 1 amide bonds. The molecule has 0 saturated carbocycles. The quantitative estimate of drug-likeness (QED) is 0.808. The second-order valence-electron chi connectivity index (χ2n) is 4.88. The SMILES string of the molecule is CC(C)(CCl)CNC(=O)Cc1ccc(F)cc1. The molecule has 0 unspecified atom stereocenters. The highest BCUT2D eigenvalue weighted by Crippen LogP contribution is 2.15. The van der Waals surface area contributed by atoms with Gasteiger partial charge in [0.05, 0.1) is 6.42 Å². The molecule has 0 aromatic heterocycles. The summed E-state index contributed by atoms with van der Waals surface area (Å²) in [5.74, 6) is 0.122. The van der Waals surface area contributed by atoms with E-state index in [1.807, 2.05) is 13.8 Å². The molecule has 1 aromatic rings. The minimum Gasteiger partial charge on any atom is -0.355 e. The molecule has 0 radical (unpaired) electrons. The van der Waals surface area contributed by atoms with Gasteiger partial charge in [0.25, 0.3) is 0 Å². The number of benzene rings is 1. The van der Waals surface area contributed by atoms with Crippen molar-refractivity contribution in [2.24, 2.45) is 5.41 Å². The maximum Gasteiger partial charge on any atom is 0.224 e. The van der Waals surface area contributed by atoms with E-state index in [9.17, 15) is 9.18 Å². The molecule has 0 spiro atoms. The van der Waals surface area contributed by atoms with Crippen molar-refractivity contribution < 1.29 is 9.18 Å². The number of halogens is 2. The topological polar surface area (TPSA) is 29.1 Å². The van der Waals surface area contributed by atoms with Crippen molar-refractivity contribution in [2.45, 2.75) is 20.3 Å². The van der Waals surface area contributed by atoms with Gasteiger partial charge in [-0.3, -0.25) is 4.79 Å². The zero-order chi connectivity index (χ0) is 12.9. The maximum absolute atomic E-state index is 12.7. The number of amides is 1. The van der Waals surface area contributed by atoms with Crippen LogP contribution >= 0.6 is 11.6 Å². The normalized spacial score (nSPS) is 11.3. The molecule has 1 aromatic carbocycles. The van der Waals surface area contributed by atoms with Gasteiger partial charge in [-0.25, -0.2) is 4.39 Å². The summed E-state index contributed by atoms with van der Waals surface area (Å²) in [5, 5.41) is 2.82. The molecule has 94 valence electrons. The highest BCUT2D eigenvalue weighted by atomic mass is 35.5. The molecule has 0 bridgehead atoms. The third-order valence-electron chi connectivity index (χ3n) is 2.40. The zero-order valence-electron chi connectivity index (χ0n) is 10.1. The second-order valence-corrected chi connectivity index (χ2v) is 5.15. The van der Waals surface area contributed by atoms with Crippen molar-refractivity contribution in [3.05, 3.63) is 35.6 Å². The molecule has 0 saturated heterocycles. The van der Waals surface area contributed by atoms with Crippen molar-refractivity contribution in [3.8, 4) is 0 Å². The van der Waals surface area contributed by atoms with Crippen molar-refractivity contribution in [1.82, 2.24) is 5.32 Å². The van der Waals surface area contributed by atoms with Gasteiger partial charge in [0.1, 0.15) is 5.82 Å². The lowest BCUT2D eigenvalue weighted by Crippen LogP contribution is -2.35. The number of carbonyl (C=O) groups excluding carboxylic acids is 1. The molecule has 0 atom stereocenters. The third-order valence-corrected chi connectivity index (χ3v) is 3.13. The number of hydrogen-bond donors (Lipinski definition) is 1. The molecule has 0 aliphatic carbocycles. The maximum atomic E-state index is 12.7. The summed E-state index contributed by atoms with van der Waals surface area (Å²) in [5.41, 5.74) is 0.688. The second kappa shape index (κ2) is 6.01. The third kappa shape index (κ3) is 5.18. The molecule has 2 nitrogen and oxygen atoms in total. The summed E-state index contributed by atoms with van der Waals surface area (Å²) >= 11 is 5.76. The first kappa shape index (κ1) is 14.0. The van der Waals surface area contributed by atoms with E-state index in [0.717, 1.165) is 5.56 Å². The minimum atomic E-state index is -0.294. The molecule has 4 heteroatoms. The molecule has 0 aliphatic heterocycles. The molecule has 17 heavy (non-hydrogen) atoms. The molecular weight excluding hydrogens is 241 g/mol. The fraction of sp³-hybridized carbons (Fsp3) is 0.462. The fourth-order valence-electron chi connectivity index (χ4n) is 1.24. The summed E-state index contributed by atoms with van der Waals surface area (Å²) in [7, 11) is 0. The summed E-state index contributed by atoms with van der Waals surface area (Å²) in [6.45, 7) is 4.51. The van der Waals surface area contributed by atoms with Gasteiger partial charge in [-0.2, -0.15) is 0 Å². The predicted molar refractivity (Wildman–Crippen MR) is 67.6 cm³/mol. The standard InChI is InChI=1S/C13H17ClFNO/c1-13(2,8-14)9-16-12(17)7-10-3-5-11(15)6-4-10/h3-6H,7-9H2,1-2H3,(H,16,17). The van der Waals surface area contributed by atoms with Crippen molar-refractivity contribution in [2.75, 3.05) is 12.4 Å². The Bertz CT molecular complexity index is 376. The Labute approximate surface area is 106 Å². The van der Waals surface area contributed by atoms with Gasteiger partial charge < -0.3 is 5.32 Å². The van der Waals surface area contributed by atoms with E-state index in [4.69, 9.17) is 11.6 Å². The summed E-state index contributed by atoms with van der Waals surface area (Å²) in [6, 6.07) is 5.93. The van der Waals surface area contributed by atoms with Crippen LogP contribution in [-0.4, -0.2) is 18.3 Å². The number of nitrogens with one attached hydrogen (secondary N) is 1. The van der Waals surface area contributed by atoms with Crippen LogP contribution < -0.4 is 5.32 Å². The van der Waals surface area contributed by atoms with E-state index in [-0.39, 0.29) is 23.6 Å². The number of carbonyl (C=O) groups is 1. The molecular formula is C13H17ClFNO. The number of alkyl halides is 1.